The number of benzene rings is 3. The summed E-state index contributed by atoms with van der Waals surface area (Å²) >= 11 is 0. The van der Waals surface area contributed by atoms with E-state index in [0.29, 0.717) is 76.1 Å². The Bertz CT molecular complexity index is 2950. The number of methoxy groups -OCH3 is 3. The van der Waals surface area contributed by atoms with Gasteiger partial charge in [-0.1, -0.05) is 71.6 Å². The summed E-state index contributed by atoms with van der Waals surface area (Å²) in [5.41, 5.74) is 16.8. The number of nitrogen functional groups attached to an aromatic ring is 1. The van der Waals surface area contributed by atoms with Crippen LogP contribution in [0.1, 0.15) is 147 Å². The smallest absolute Gasteiger partial charge is 0.381 e. The lowest BCUT2D eigenvalue weighted by atomic mass is 9.95. The summed E-state index contributed by atoms with van der Waals surface area (Å²) in [6.07, 6.45) is 24.3. The van der Waals surface area contributed by atoms with Crippen LogP contribution in [-0.4, -0.2) is 88.5 Å². The Morgan fingerprint density at radius 2 is 0.933 bits per heavy atom. The first-order valence-corrected chi connectivity index (χ1v) is 24.7. The van der Waals surface area contributed by atoms with Crippen LogP contribution in [0.25, 0.3) is 17.1 Å². The summed E-state index contributed by atoms with van der Waals surface area (Å²) in [5.74, 6) is 1.45. The largest absolute Gasteiger partial charge is 0.496 e. The Balaban J connectivity index is 0.000000231. The van der Waals surface area contributed by atoms with Crippen LogP contribution >= 0.6 is 0 Å². The number of Topliss-reactive ketones (excluding diaryl/α,β-unsaturated/α-hetero) is 2. The van der Waals surface area contributed by atoms with Gasteiger partial charge < -0.3 is 55.6 Å². The average Bonchev–Trinajstić information content (AvgIpc) is 4.24. The highest BCUT2D eigenvalue weighted by molar-refractivity contribution is 6.00. The number of ether oxygens (including phenoxy) is 3. The van der Waals surface area contributed by atoms with Gasteiger partial charge in [-0.3, -0.25) is 18.7 Å². The molecule has 6 aromatic rings. The lowest BCUT2D eigenvalue weighted by Gasteiger charge is -2.15. The highest BCUT2D eigenvalue weighted by Gasteiger charge is 2.25. The van der Waals surface area contributed by atoms with E-state index in [-0.39, 0.29) is 43.4 Å². The van der Waals surface area contributed by atoms with Gasteiger partial charge in [0, 0.05) is 26.0 Å². The molecule has 0 amide bonds. The number of aromatic nitrogens is 6. The Labute approximate surface area is 438 Å². The van der Waals surface area contributed by atoms with Gasteiger partial charge in [0.1, 0.15) is 47.4 Å². The van der Waals surface area contributed by atoms with Crippen molar-refractivity contribution >= 4 is 35.0 Å². The van der Waals surface area contributed by atoms with Crippen molar-refractivity contribution in [3.8, 4) is 34.3 Å². The fourth-order valence-electron chi connectivity index (χ4n) is 9.80. The van der Waals surface area contributed by atoms with Crippen molar-refractivity contribution < 1.29 is 45.0 Å². The molecule has 3 aromatic carbocycles. The molecule has 3 saturated carbocycles. The number of anilines is 1. The van der Waals surface area contributed by atoms with Crippen LogP contribution in [0.2, 0.25) is 0 Å². The quantitative estimate of drug-likeness (QED) is 0.0489. The van der Waals surface area contributed by atoms with E-state index in [0.717, 1.165) is 42.5 Å². The van der Waals surface area contributed by atoms with Gasteiger partial charge in [-0.15, -0.1) is 0 Å². The van der Waals surface area contributed by atoms with Crippen molar-refractivity contribution in [2.75, 3.05) is 27.1 Å². The van der Waals surface area contributed by atoms with Crippen molar-refractivity contribution in [2.45, 2.75) is 124 Å². The fourth-order valence-corrected chi connectivity index (χ4v) is 9.80. The molecule has 9 rings (SSSR count). The molecule has 3 aliphatic carbocycles. The van der Waals surface area contributed by atoms with E-state index < -0.39 is 15.8 Å². The normalized spacial score (nSPS) is 14.3. The zero-order chi connectivity index (χ0) is 53.6. The third-order valence-corrected chi connectivity index (χ3v) is 13.5. The number of ketones is 2. The predicted octanol–water partition coefficient (Wildman–Crippen LogP) is 11.0. The highest BCUT2D eigenvalue weighted by atomic mass is 16.6. The minimum atomic E-state index is -1.14. The molecule has 3 aromatic heterocycles. The molecular formula is C54H72N10O11. The van der Waals surface area contributed by atoms with E-state index in [1.54, 1.807) is 50.4 Å². The van der Waals surface area contributed by atoms with Crippen molar-refractivity contribution in [2.24, 2.45) is 17.6 Å². The number of aryl methyl sites for hydroxylation is 3. The molecule has 5 N–H and O–H groups in total. The van der Waals surface area contributed by atoms with Gasteiger partial charge in [0.15, 0.2) is 11.6 Å². The second kappa shape index (κ2) is 26.8. The molecule has 0 atom stereocenters. The predicted molar refractivity (Wildman–Crippen MR) is 286 cm³/mol. The maximum atomic E-state index is 12.8. The summed E-state index contributed by atoms with van der Waals surface area (Å²) in [6.45, 7) is 5.51. The molecule has 3 heterocycles. The summed E-state index contributed by atoms with van der Waals surface area (Å²) < 4.78 is 20.8. The van der Waals surface area contributed by atoms with E-state index in [1.165, 1.54) is 94.2 Å². The molecule has 75 heavy (non-hydrogen) atoms. The Kier molecular flexibility index (Phi) is 20.7. The first-order valence-electron chi connectivity index (χ1n) is 24.7. The topological polar surface area (TPSA) is 291 Å². The number of imidazole rings is 3. The van der Waals surface area contributed by atoms with Crippen LogP contribution in [0.3, 0.4) is 0 Å². The summed E-state index contributed by atoms with van der Waals surface area (Å²) in [7, 11) is 4.55. The number of nitrogens with two attached hydrogens (primary N) is 2. The number of carboxylic acids is 1. The Hall–Kier alpha value is -7.94. The fraction of sp³-hybridized carbons (Fsp3) is 0.444. The van der Waals surface area contributed by atoms with Gasteiger partial charge in [0.05, 0.1) is 50.0 Å². The molecule has 404 valence electrons. The number of nitrogens with zero attached hydrogens (tertiary/aromatic N) is 8. The van der Waals surface area contributed by atoms with Crippen LogP contribution in [0, 0.1) is 52.8 Å². The van der Waals surface area contributed by atoms with E-state index in [9.17, 15) is 39.7 Å². The minimum absolute atomic E-state index is 0. The highest BCUT2D eigenvalue weighted by Crippen LogP contribution is 2.35. The van der Waals surface area contributed by atoms with Gasteiger partial charge in [-0.2, -0.15) is 0 Å². The molecule has 0 aliphatic heterocycles. The summed E-state index contributed by atoms with van der Waals surface area (Å²) in [4.78, 5) is 68.5. The molecule has 21 nitrogen and oxygen atoms in total. The molecule has 0 radical (unpaired) electrons. The zero-order valence-corrected chi connectivity index (χ0v) is 42.8. The van der Waals surface area contributed by atoms with Crippen LogP contribution < -0.4 is 25.7 Å². The zero-order valence-electron chi connectivity index (χ0n) is 42.8. The standard InChI is InChI=1S/C18H21N3O4.C18H23N3O2.C12H11N3O5.C5H11N.CH4.H2/c1-12-7-14(20-10-17(19-11-20)21(23)24)9-15(18(12)25-2)16(22)8-13-5-3-4-6-13;1-12-7-14(21-10-17(19)20-11-21)9-15(18(12)23-2)16(22)8-13-5-3-4-6-13;1-7-3-8(4-9(12(16)17)11(7)20-2)14-5-10(13-6-14)15(18)19;6-5-3-1-2-4-5;;/h7,9-11,13H,3-6,8H2,1-2H3;7,9-11,13H,3-6,8,19H2,1-2H3;3-6H,1-2H3,(H,16,17);5H,1-4,6H2;1H4;1H. The lowest BCUT2D eigenvalue weighted by molar-refractivity contribution is -0.389. The number of carbonyl (C=O) groups excluding carboxylic acids is 2. The number of rotatable bonds is 15. The molecule has 3 aliphatic rings. The number of aromatic carboxylic acids is 1. The molecule has 0 unspecified atom stereocenters. The lowest BCUT2D eigenvalue weighted by Crippen LogP contribution is -2.13. The van der Waals surface area contributed by atoms with Gasteiger partial charge in [0.2, 0.25) is 12.7 Å². The number of carbonyl (C=O) groups is 3. The monoisotopic (exact) mass is 1040 g/mol. The van der Waals surface area contributed by atoms with Crippen LogP contribution in [0.5, 0.6) is 17.2 Å². The second-order valence-corrected chi connectivity index (χ2v) is 18.9. The van der Waals surface area contributed by atoms with Crippen LogP contribution in [-0.2, 0) is 0 Å². The van der Waals surface area contributed by atoms with Crippen LogP contribution in [0.4, 0.5) is 17.5 Å². The van der Waals surface area contributed by atoms with Gasteiger partial charge in [-0.25, -0.2) is 9.78 Å². The molecule has 0 bridgehead atoms. The molecule has 21 heteroatoms. The van der Waals surface area contributed by atoms with E-state index in [1.807, 2.05) is 36.6 Å². The number of hydrogen-bond donors (Lipinski definition) is 3. The first kappa shape index (κ1) is 58.0. The van der Waals surface area contributed by atoms with E-state index >= 15 is 0 Å². The van der Waals surface area contributed by atoms with Gasteiger partial charge in [0.25, 0.3) is 0 Å². The molecular weight excluding hydrogens is 965 g/mol. The first-order chi connectivity index (χ1) is 35.4. The minimum Gasteiger partial charge on any atom is -0.496 e. The second-order valence-electron chi connectivity index (χ2n) is 18.9. The van der Waals surface area contributed by atoms with Crippen molar-refractivity contribution in [1.82, 2.24) is 28.7 Å². The van der Waals surface area contributed by atoms with Crippen molar-refractivity contribution in [3.63, 3.8) is 0 Å². The molecule has 0 spiro atoms. The van der Waals surface area contributed by atoms with Crippen molar-refractivity contribution in [3.05, 3.63) is 128 Å². The summed E-state index contributed by atoms with van der Waals surface area (Å²) in [5, 5.41) is 30.6. The maximum absolute atomic E-state index is 12.8. The number of nitro groups is 2. The SMILES string of the molecule is C.COc1c(C)cc(-n2cnc(N)c2)cc1C(=O)CC1CCCC1.COc1c(C)cc(-n2cnc([N+](=O)[O-])c2)cc1C(=O)CC1CCCC1.COc1c(C)cc(-n2cnc([N+](=O)[O-])c2)cc1C(=O)O.NC1CCCC1.[HH]. The average molecular weight is 1040 g/mol. The van der Waals surface area contributed by atoms with Crippen molar-refractivity contribution in [1.29, 1.82) is 0 Å². The van der Waals surface area contributed by atoms with E-state index in [4.69, 9.17) is 25.7 Å². The number of hydrogen-bond acceptors (Lipinski definition) is 15. The third kappa shape index (κ3) is 15.1. The van der Waals surface area contributed by atoms with Gasteiger partial charge in [-0.05, 0) is 118 Å². The van der Waals surface area contributed by atoms with Crippen LogP contribution in [0.15, 0.2) is 74.0 Å². The molecule has 3 fully saturated rings. The molecule has 0 saturated heterocycles. The number of carboxylic acid groups (broad SMARTS) is 1. The Morgan fingerprint density at radius 3 is 1.23 bits per heavy atom. The Morgan fingerprint density at radius 1 is 0.600 bits per heavy atom. The van der Waals surface area contributed by atoms with E-state index in [2.05, 4.69) is 15.0 Å². The van der Waals surface area contributed by atoms with Gasteiger partial charge >= 0.3 is 17.6 Å². The maximum Gasteiger partial charge on any atom is 0.381 e. The third-order valence-electron chi connectivity index (χ3n) is 13.5. The summed E-state index contributed by atoms with van der Waals surface area (Å²) in [6, 6.07) is 11.0.